The van der Waals surface area contributed by atoms with Crippen LogP contribution in [0, 0.1) is 0 Å². The molecule has 0 aromatic heterocycles. The van der Waals surface area contributed by atoms with Crippen LogP contribution in [0.25, 0.3) is 0 Å². The second-order valence-electron chi connectivity index (χ2n) is 6.75. The van der Waals surface area contributed by atoms with Crippen LogP contribution >= 0.6 is 23.2 Å². The Hall–Kier alpha value is -3.34. The fourth-order valence-electron chi connectivity index (χ4n) is 2.72. The molecular weight excluding hydrogens is 475 g/mol. The predicted molar refractivity (Wildman–Crippen MR) is 124 cm³/mol. The number of hydrogen-bond donors (Lipinski definition) is 5. The quantitative estimate of drug-likeness (QED) is 0.291. The number of amides is 3. The van der Waals surface area contributed by atoms with Crippen molar-refractivity contribution in [3.63, 3.8) is 0 Å². The molecule has 5 N–H and O–H groups in total. The summed E-state index contributed by atoms with van der Waals surface area (Å²) in [5.41, 5.74) is 1.26. The number of hydrogen-bond acceptors (Lipinski definition) is 5. The number of anilines is 1. The molecule has 0 aliphatic rings. The molecule has 0 fully saturated rings. The molecule has 1 unspecified atom stereocenters. The standard InChI is InChI=1S/C21H22Cl2N4O6/c1-11(28)25-19-15(22)7-12(8-16(19)23)10-24-20(27-21(31)32)26-18(30)9-17(29)13-3-5-14(33-2)6-4-13/h3-8,17,29H,9-10H2,1-2H3,(H,25,28)(H,31,32)(H2,24,26,27,30). The van der Waals surface area contributed by atoms with E-state index < -0.39 is 18.1 Å². The van der Waals surface area contributed by atoms with Crippen LogP contribution in [-0.4, -0.2) is 41.2 Å². The first-order valence-electron chi connectivity index (χ1n) is 9.52. The predicted octanol–water partition coefficient (Wildman–Crippen LogP) is 3.32. The summed E-state index contributed by atoms with van der Waals surface area (Å²) >= 11 is 12.3. The molecule has 2 aromatic carbocycles. The molecule has 0 aliphatic heterocycles. The van der Waals surface area contributed by atoms with Gasteiger partial charge >= 0.3 is 6.09 Å². The molecule has 0 radical (unpaired) electrons. The first-order chi connectivity index (χ1) is 15.6. The fraction of sp³-hybridized carbons (Fsp3) is 0.238. The second-order valence-corrected chi connectivity index (χ2v) is 7.57. The minimum absolute atomic E-state index is 0.00716. The lowest BCUT2D eigenvalue weighted by Gasteiger charge is -2.15. The van der Waals surface area contributed by atoms with Crippen molar-refractivity contribution in [1.82, 2.24) is 10.6 Å². The summed E-state index contributed by atoms with van der Waals surface area (Å²) in [6.07, 6.45) is -3.00. The number of ether oxygens (including phenoxy) is 1. The monoisotopic (exact) mass is 496 g/mol. The Kier molecular flexibility index (Phi) is 9.46. The summed E-state index contributed by atoms with van der Waals surface area (Å²) in [6, 6.07) is 9.53. The first kappa shape index (κ1) is 25.9. The number of carbonyl (C=O) groups is 3. The molecule has 0 saturated heterocycles. The number of methoxy groups -OCH3 is 1. The third-order valence-electron chi connectivity index (χ3n) is 4.21. The molecule has 0 bridgehead atoms. The highest BCUT2D eigenvalue weighted by Crippen LogP contribution is 2.31. The molecule has 0 spiro atoms. The highest BCUT2D eigenvalue weighted by molar-refractivity contribution is 6.39. The molecule has 12 heteroatoms. The topological polar surface area (TPSA) is 149 Å². The molecular formula is C21H22Cl2N4O6. The van der Waals surface area contributed by atoms with Crippen molar-refractivity contribution < 1.29 is 29.3 Å². The van der Waals surface area contributed by atoms with Gasteiger partial charge in [-0.25, -0.2) is 4.79 Å². The summed E-state index contributed by atoms with van der Waals surface area (Å²) in [7, 11) is 1.51. The molecule has 176 valence electrons. The zero-order valence-electron chi connectivity index (χ0n) is 17.7. The molecule has 10 nitrogen and oxygen atoms in total. The largest absolute Gasteiger partial charge is 0.497 e. The average Bonchev–Trinajstić information content (AvgIpc) is 2.74. The summed E-state index contributed by atoms with van der Waals surface area (Å²) in [4.78, 5) is 37.9. The number of carbonyl (C=O) groups excluding carboxylic acids is 2. The number of rotatable bonds is 7. The second kappa shape index (κ2) is 12.0. The van der Waals surface area contributed by atoms with Gasteiger partial charge in [-0.1, -0.05) is 35.3 Å². The molecule has 2 rings (SSSR count). The lowest BCUT2D eigenvalue weighted by Crippen LogP contribution is -2.41. The number of benzene rings is 2. The van der Waals surface area contributed by atoms with Crippen molar-refractivity contribution >= 4 is 52.8 Å². The zero-order valence-corrected chi connectivity index (χ0v) is 19.2. The fourth-order valence-corrected chi connectivity index (χ4v) is 3.35. The lowest BCUT2D eigenvalue weighted by molar-refractivity contribution is -0.121. The van der Waals surface area contributed by atoms with Crippen molar-refractivity contribution in [3.8, 4) is 5.75 Å². The van der Waals surface area contributed by atoms with E-state index in [4.69, 9.17) is 33.0 Å². The van der Waals surface area contributed by atoms with Gasteiger partial charge < -0.3 is 25.6 Å². The van der Waals surface area contributed by atoms with E-state index in [0.717, 1.165) is 0 Å². The van der Waals surface area contributed by atoms with Gasteiger partial charge in [-0.15, -0.1) is 4.99 Å². The van der Waals surface area contributed by atoms with Crippen LogP contribution in [0.15, 0.2) is 41.4 Å². The van der Waals surface area contributed by atoms with E-state index in [-0.39, 0.29) is 40.6 Å². The number of guanidine groups is 1. The van der Waals surface area contributed by atoms with Crippen LogP contribution in [0.5, 0.6) is 5.75 Å². The van der Waals surface area contributed by atoms with Crippen LogP contribution in [-0.2, 0) is 16.1 Å². The van der Waals surface area contributed by atoms with Crippen molar-refractivity contribution in [2.24, 2.45) is 4.99 Å². The van der Waals surface area contributed by atoms with Crippen LogP contribution in [0.3, 0.4) is 0 Å². The molecule has 0 saturated carbocycles. The van der Waals surface area contributed by atoms with E-state index in [0.29, 0.717) is 16.9 Å². The zero-order chi connectivity index (χ0) is 24.5. The van der Waals surface area contributed by atoms with Crippen LogP contribution in [0.4, 0.5) is 10.5 Å². The maximum atomic E-state index is 12.3. The van der Waals surface area contributed by atoms with Gasteiger partial charge in [0.1, 0.15) is 5.75 Å². The van der Waals surface area contributed by atoms with Gasteiger partial charge in [0.25, 0.3) is 0 Å². The molecule has 2 aromatic rings. The van der Waals surface area contributed by atoms with Gasteiger partial charge in [0.15, 0.2) is 0 Å². The van der Waals surface area contributed by atoms with E-state index in [1.807, 2.05) is 0 Å². The highest BCUT2D eigenvalue weighted by Gasteiger charge is 2.16. The number of aliphatic imine (C=N–C) groups is 1. The van der Waals surface area contributed by atoms with Crippen molar-refractivity contribution in [3.05, 3.63) is 57.6 Å². The van der Waals surface area contributed by atoms with Gasteiger partial charge in [0.2, 0.25) is 17.8 Å². The Morgan fingerprint density at radius 1 is 1.12 bits per heavy atom. The lowest BCUT2D eigenvalue weighted by atomic mass is 10.1. The van der Waals surface area contributed by atoms with Gasteiger partial charge in [-0.3, -0.25) is 14.9 Å². The number of carboxylic acid groups (broad SMARTS) is 1. The van der Waals surface area contributed by atoms with Gasteiger partial charge in [-0.05, 0) is 35.4 Å². The van der Waals surface area contributed by atoms with E-state index in [1.165, 1.54) is 26.2 Å². The van der Waals surface area contributed by atoms with Crippen molar-refractivity contribution in [2.75, 3.05) is 12.4 Å². The average molecular weight is 497 g/mol. The van der Waals surface area contributed by atoms with E-state index in [1.54, 1.807) is 24.3 Å². The minimum atomic E-state index is -1.54. The van der Waals surface area contributed by atoms with E-state index >= 15 is 0 Å². The normalized spacial score (nSPS) is 12.0. The third-order valence-corrected chi connectivity index (χ3v) is 4.80. The molecule has 0 aliphatic carbocycles. The maximum Gasteiger partial charge on any atom is 0.434 e. The maximum absolute atomic E-state index is 12.3. The van der Waals surface area contributed by atoms with E-state index in [2.05, 4.69) is 20.9 Å². The Morgan fingerprint density at radius 3 is 2.24 bits per heavy atom. The Morgan fingerprint density at radius 2 is 1.73 bits per heavy atom. The van der Waals surface area contributed by atoms with E-state index in [9.17, 15) is 19.5 Å². The Labute approximate surface area is 199 Å². The number of aliphatic hydroxyl groups is 1. The van der Waals surface area contributed by atoms with Crippen LogP contribution in [0.2, 0.25) is 10.0 Å². The third kappa shape index (κ3) is 8.26. The first-order valence-corrected chi connectivity index (χ1v) is 10.3. The number of nitrogens with zero attached hydrogens (tertiary/aromatic N) is 1. The Balaban J connectivity index is 2.04. The summed E-state index contributed by atoms with van der Waals surface area (Å²) in [6.45, 7) is 1.32. The molecule has 0 heterocycles. The van der Waals surface area contributed by atoms with Gasteiger partial charge in [-0.2, -0.15) is 0 Å². The molecule has 1 atom stereocenters. The van der Waals surface area contributed by atoms with Crippen LogP contribution < -0.4 is 20.7 Å². The summed E-state index contributed by atoms with van der Waals surface area (Å²) in [5, 5.41) is 27.1. The number of nitrogens with one attached hydrogen (secondary N) is 3. The molecule has 33 heavy (non-hydrogen) atoms. The van der Waals surface area contributed by atoms with Gasteiger partial charge in [0, 0.05) is 13.5 Å². The SMILES string of the molecule is COc1ccc(C(O)CC(=O)NC(=NC(=O)O)NCc2cc(Cl)c(NC(C)=O)c(Cl)c2)cc1. The highest BCUT2D eigenvalue weighted by atomic mass is 35.5. The van der Waals surface area contributed by atoms with Crippen LogP contribution in [0.1, 0.15) is 30.6 Å². The van der Waals surface area contributed by atoms with Gasteiger partial charge in [0.05, 0.1) is 35.4 Å². The molecule has 3 amide bonds. The number of aliphatic hydroxyl groups excluding tert-OH is 1. The summed E-state index contributed by atoms with van der Waals surface area (Å²) in [5.74, 6) is -0.753. The Bertz CT molecular complexity index is 1040. The number of halogens is 2. The minimum Gasteiger partial charge on any atom is -0.497 e. The smallest absolute Gasteiger partial charge is 0.434 e. The van der Waals surface area contributed by atoms with Crippen molar-refractivity contribution in [2.45, 2.75) is 26.0 Å². The van der Waals surface area contributed by atoms with Crippen molar-refractivity contribution in [1.29, 1.82) is 0 Å². The summed E-state index contributed by atoms with van der Waals surface area (Å²) < 4.78 is 5.05.